The molecule has 2 unspecified atom stereocenters. The van der Waals surface area contributed by atoms with E-state index in [1.165, 1.54) is 18.9 Å². The van der Waals surface area contributed by atoms with E-state index in [2.05, 4.69) is 4.98 Å². The van der Waals surface area contributed by atoms with Crippen molar-refractivity contribution in [2.45, 2.75) is 24.3 Å². The lowest BCUT2D eigenvalue weighted by Crippen LogP contribution is -2.21. The number of fused-ring (bicyclic) bond motifs is 1. The number of carbonyl (C=O) groups is 1. The number of oxazole rings is 1. The van der Waals surface area contributed by atoms with Gasteiger partial charge in [0.15, 0.2) is 5.58 Å². The summed E-state index contributed by atoms with van der Waals surface area (Å²) in [6, 6.07) is 7.60. The fourth-order valence-electron chi connectivity index (χ4n) is 1.54. The number of ether oxygens (including phenoxy) is 1. The quantitative estimate of drug-likeness (QED) is 0.628. The van der Waals surface area contributed by atoms with E-state index in [9.17, 15) is 4.79 Å². The molecule has 1 aromatic carbocycles. The number of hydrogen-bond acceptors (Lipinski definition) is 5. The first-order valence-corrected chi connectivity index (χ1v) is 6.60. The maximum atomic E-state index is 11.4. The molecule has 0 amide bonds. The van der Waals surface area contributed by atoms with Crippen LogP contribution in [0.15, 0.2) is 33.9 Å². The van der Waals surface area contributed by atoms with Gasteiger partial charge in [-0.05, 0) is 12.1 Å². The van der Waals surface area contributed by atoms with Crippen LogP contribution in [0.5, 0.6) is 0 Å². The lowest BCUT2D eigenvalue weighted by atomic mass is 10.1. The minimum Gasteiger partial charge on any atom is -0.469 e. The Hall–Kier alpha value is -1.49. The average molecular weight is 265 g/mol. The van der Waals surface area contributed by atoms with Gasteiger partial charge < -0.3 is 9.15 Å². The molecule has 0 saturated heterocycles. The molecule has 2 rings (SSSR count). The summed E-state index contributed by atoms with van der Waals surface area (Å²) in [5.41, 5.74) is 1.59. The Morgan fingerprint density at radius 3 is 2.78 bits per heavy atom. The lowest BCUT2D eigenvalue weighted by Gasteiger charge is -2.14. The highest BCUT2D eigenvalue weighted by Gasteiger charge is 2.23. The first-order chi connectivity index (χ1) is 8.61. The van der Waals surface area contributed by atoms with Gasteiger partial charge in [0.2, 0.25) is 0 Å². The predicted octanol–water partition coefficient (Wildman–Crippen LogP) is 3.12. The molecule has 0 radical (unpaired) electrons. The van der Waals surface area contributed by atoms with E-state index in [0.29, 0.717) is 5.22 Å². The first-order valence-electron chi connectivity index (χ1n) is 5.72. The molecule has 2 aromatic rings. The summed E-state index contributed by atoms with van der Waals surface area (Å²) >= 11 is 1.44. The van der Waals surface area contributed by atoms with Crippen LogP contribution in [0.3, 0.4) is 0 Å². The third-order valence-electron chi connectivity index (χ3n) is 2.84. The second-order valence-corrected chi connectivity index (χ2v) is 5.41. The van der Waals surface area contributed by atoms with E-state index >= 15 is 0 Å². The molecule has 0 saturated carbocycles. The van der Waals surface area contributed by atoms with Gasteiger partial charge in [0, 0.05) is 5.25 Å². The molecule has 18 heavy (non-hydrogen) atoms. The summed E-state index contributed by atoms with van der Waals surface area (Å²) in [6.45, 7) is 3.80. The van der Waals surface area contributed by atoms with Gasteiger partial charge in [-0.3, -0.25) is 4.79 Å². The van der Waals surface area contributed by atoms with Crippen molar-refractivity contribution in [2.24, 2.45) is 5.92 Å². The summed E-state index contributed by atoms with van der Waals surface area (Å²) in [5.74, 6) is -0.416. The van der Waals surface area contributed by atoms with Crippen LogP contribution in [0.1, 0.15) is 13.8 Å². The number of aromatic nitrogens is 1. The fraction of sp³-hybridized carbons (Fsp3) is 0.385. The van der Waals surface area contributed by atoms with Gasteiger partial charge in [-0.15, -0.1) is 0 Å². The van der Waals surface area contributed by atoms with E-state index in [4.69, 9.17) is 9.15 Å². The SMILES string of the molecule is COC(=O)C(C)C(C)Sc1nc2ccccc2o1. The summed E-state index contributed by atoms with van der Waals surface area (Å²) < 4.78 is 10.3. The Kier molecular flexibility index (Phi) is 3.91. The molecule has 0 aliphatic rings. The molecule has 0 bridgehead atoms. The number of para-hydroxylation sites is 2. The van der Waals surface area contributed by atoms with Gasteiger partial charge in [0.1, 0.15) is 5.52 Å². The largest absolute Gasteiger partial charge is 0.469 e. The summed E-state index contributed by atoms with van der Waals surface area (Å²) in [5, 5.41) is 0.630. The zero-order valence-electron chi connectivity index (χ0n) is 10.5. The van der Waals surface area contributed by atoms with Crippen LogP contribution in [0.4, 0.5) is 0 Å². The smallest absolute Gasteiger partial charge is 0.309 e. The molecule has 4 nitrogen and oxygen atoms in total. The second-order valence-electron chi connectivity index (χ2n) is 4.08. The number of rotatable bonds is 4. The number of thioether (sulfide) groups is 1. The maximum absolute atomic E-state index is 11.4. The van der Waals surface area contributed by atoms with Crippen LogP contribution in [-0.4, -0.2) is 23.3 Å². The van der Waals surface area contributed by atoms with Crippen molar-refractivity contribution in [3.05, 3.63) is 24.3 Å². The van der Waals surface area contributed by atoms with Gasteiger partial charge in [-0.25, -0.2) is 4.98 Å². The van der Waals surface area contributed by atoms with Gasteiger partial charge >= 0.3 is 5.97 Å². The molecule has 1 heterocycles. The van der Waals surface area contributed by atoms with E-state index in [-0.39, 0.29) is 17.1 Å². The molecule has 5 heteroatoms. The highest BCUT2D eigenvalue weighted by Crippen LogP contribution is 2.30. The zero-order valence-corrected chi connectivity index (χ0v) is 11.4. The normalized spacial score (nSPS) is 14.4. The molecule has 0 N–H and O–H groups in total. The number of methoxy groups -OCH3 is 1. The van der Waals surface area contributed by atoms with Crippen molar-refractivity contribution in [3.8, 4) is 0 Å². The van der Waals surface area contributed by atoms with Crippen LogP contribution in [0, 0.1) is 5.92 Å². The Labute approximate surface area is 110 Å². The van der Waals surface area contributed by atoms with Crippen molar-refractivity contribution in [3.63, 3.8) is 0 Å². The first kappa shape index (κ1) is 13.0. The topological polar surface area (TPSA) is 52.3 Å². The number of benzene rings is 1. The minimum atomic E-state index is -0.217. The number of esters is 1. The van der Waals surface area contributed by atoms with Crippen LogP contribution in [0.2, 0.25) is 0 Å². The van der Waals surface area contributed by atoms with Crippen molar-refractivity contribution in [2.75, 3.05) is 7.11 Å². The molecule has 0 aliphatic carbocycles. The standard InChI is InChI=1S/C13H15NO3S/c1-8(12(15)16-3)9(2)18-13-14-10-6-4-5-7-11(10)17-13/h4-9H,1-3H3. The number of nitrogens with zero attached hydrogens (tertiary/aromatic N) is 1. The maximum Gasteiger partial charge on any atom is 0.309 e. The van der Waals surface area contributed by atoms with Gasteiger partial charge in [0.05, 0.1) is 13.0 Å². The van der Waals surface area contributed by atoms with Crippen LogP contribution in [0.25, 0.3) is 11.1 Å². The molecule has 1 aromatic heterocycles. The number of hydrogen-bond donors (Lipinski definition) is 0. The zero-order chi connectivity index (χ0) is 13.1. The van der Waals surface area contributed by atoms with Crippen molar-refractivity contribution < 1.29 is 13.9 Å². The van der Waals surface area contributed by atoms with E-state index in [1.807, 2.05) is 38.1 Å². The second kappa shape index (κ2) is 5.44. The van der Waals surface area contributed by atoms with Crippen molar-refractivity contribution >= 4 is 28.8 Å². The highest BCUT2D eigenvalue weighted by molar-refractivity contribution is 7.99. The molecule has 2 atom stereocenters. The Bertz CT molecular complexity index is 519. The molecule has 0 spiro atoms. The average Bonchev–Trinajstić information content (AvgIpc) is 2.78. The third kappa shape index (κ3) is 2.67. The monoisotopic (exact) mass is 265 g/mol. The minimum absolute atomic E-state index is 0.0468. The molecule has 96 valence electrons. The van der Waals surface area contributed by atoms with Crippen molar-refractivity contribution in [1.82, 2.24) is 4.98 Å². The Morgan fingerprint density at radius 1 is 1.39 bits per heavy atom. The van der Waals surface area contributed by atoms with Gasteiger partial charge in [-0.2, -0.15) is 0 Å². The Morgan fingerprint density at radius 2 is 2.11 bits per heavy atom. The highest BCUT2D eigenvalue weighted by atomic mass is 32.2. The number of carbonyl (C=O) groups excluding carboxylic acids is 1. The van der Waals surface area contributed by atoms with Gasteiger partial charge in [-0.1, -0.05) is 37.7 Å². The van der Waals surface area contributed by atoms with Crippen molar-refractivity contribution in [1.29, 1.82) is 0 Å². The molecular weight excluding hydrogens is 250 g/mol. The van der Waals surface area contributed by atoms with E-state index < -0.39 is 0 Å². The molecule has 0 aliphatic heterocycles. The summed E-state index contributed by atoms with van der Waals surface area (Å²) in [7, 11) is 1.40. The van der Waals surface area contributed by atoms with E-state index in [1.54, 1.807) is 0 Å². The predicted molar refractivity (Wildman–Crippen MR) is 70.5 cm³/mol. The summed E-state index contributed by atoms with van der Waals surface area (Å²) in [6.07, 6.45) is 0. The third-order valence-corrected chi connectivity index (χ3v) is 3.99. The lowest BCUT2D eigenvalue weighted by molar-refractivity contribution is -0.144. The van der Waals surface area contributed by atoms with Crippen LogP contribution < -0.4 is 0 Å². The van der Waals surface area contributed by atoms with E-state index in [0.717, 1.165) is 11.1 Å². The molecule has 0 fully saturated rings. The molecular formula is C13H15NO3S. The fourth-order valence-corrected chi connectivity index (χ4v) is 2.46. The Balaban J connectivity index is 2.11. The van der Waals surface area contributed by atoms with Crippen LogP contribution in [-0.2, 0) is 9.53 Å². The summed E-state index contributed by atoms with van der Waals surface area (Å²) in [4.78, 5) is 15.8. The van der Waals surface area contributed by atoms with Gasteiger partial charge in [0.25, 0.3) is 5.22 Å². The van der Waals surface area contributed by atoms with Crippen LogP contribution >= 0.6 is 11.8 Å².